The third-order valence-corrected chi connectivity index (χ3v) is 5.59. The molecule has 2 aromatic carbocycles. The number of hydrogen-bond acceptors (Lipinski definition) is 7. The number of esters is 1. The molecule has 0 bridgehead atoms. The van der Waals surface area contributed by atoms with Crippen LogP contribution >= 0.6 is 0 Å². The van der Waals surface area contributed by atoms with E-state index in [0.29, 0.717) is 5.56 Å². The number of rotatable bonds is 6. The minimum absolute atomic E-state index is 0.0559. The summed E-state index contributed by atoms with van der Waals surface area (Å²) >= 11 is 0. The lowest BCUT2D eigenvalue weighted by Crippen LogP contribution is -2.26. The van der Waals surface area contributed by atoms with Gasteiger partial charge in [-0.1, -0.05) is 32.0 Å². The second-order valence-electron chi connectivity index (χ2n) is 8.20. The number of allylic oxidation sites excluding steroid dienone is 1. The molecule has 1 aromatic heterocycles. The molecule has 0 aliphatic carbocycles. The Morgan fingerprint density at radius 3 is 2.55 bits per heavy atom. The van der Waals surface area contributed by atoms with Crippen molar-refractivity contribution in [3.63, 3.8) is 0 Å². The van der Waals surface area contributed by atoms with E-state index < -0.39 is 30.7 Å². The van der Waals surface area contributed by atoms with Gasteiger partial charge in [-0.15, -0.1) is 5.10 Å². The lowest BCUT2D eigenvalue weighted by atomic mass is 9.83. The largest absolute Gasteiger partial charge is 0.456 e. The zero-order valence-electron chi connectivity index (χ0n) is 18.4. The Morgan fingerprint density at radius 2 is 1.85 bits per heavy atom. The first-order valence-electron chi connectivity index (χ1n) is 10.2. The molecule has 2 heterocycles. The fourth-order valence-corrected chi connectivity index (χ4v) is 3.89. The Bertz CT molecular complexity index is 1300. The van der Waals surface area contributed by atoms with E-state index in [1.165, 1.54) is 30.3 Å². The number of carbonyl (C=O) groups excluding carboxylic acids is 2. The molecule has 0 N–H and O–H groups in total. The number of para-hydroxylation sites is 1. The molecule has 0 saturated heterocycles. The van der Waals surface area contributed by atoms with Gasteiger partial charge in [0.05, 0.1) is 0 Å². The molecule has 0 unspecified atom stereocenters. The van der Waals surface area contributed by atoms with Gasteiger partial charge in [0.1, 0.15) is 12.4 Å². The Labute approximate surface area is 188 Å². The summed E-state index contributed by atoms with van der Waals surface area (Å²) in [5, 5.41) is 3.92. The summed E-state index contributed by atoms with van der Waals surface area (Å²) in [6.45, 7) is 3.05. The van der Waals surface area contributed by atoms with Gasteiger partial charge >= 0.3 is 11.7 Å². The molecule has 8 nitrogen and oxygen atoms in total. The molecule has 4 rings (SSSR count). The SMILES string of the molecule is CN1/C(=C\C(=O)COC(=O)Cn2nc(-c3ccc(F)cc3)oc2=O)C(C)(C)c2ccccc21. The lowest BCUT2D eigenvalue weighted by Gasteiger charge is -2.23. The van der Waals surface area contributed by atoms with Crippen LogP contribution in [0.3, 0.4) is 0 Å². The first-order chi connectivity index (χ1) is 15.7. The first-order valence-corrected chi connectivity index (χ1v) is 10.2. The molecule has 0 atom stereocenters. The molecular formula is C24H22FN3O5. The zero-order chi connectivity index (χ0) is 23.8. The molecule has 0 saturated carbocycles. The van der Waals surface area contributed by atoms with Crippen molar-refractivity contribution in [3.05, 3.63) is 82.2 Å². The maximum absolute atomic E-state index is 13.1. The van der Waals surface area contributed by atoms with Crippen LogP contribution < -0.4 is 10.7 Å². The van der Waals surface area contributed by atoms with Crippen molar-refractivity contribution in [3.8, 4) is 11.5 Å². The topological polar surface area (TPSA) is 94.6 Å². The van der Waals surface area contributed by atoms with Crippen molar-refractivity contribution in [2.45, 2.75) is 25.8 Å². The number of carbonyl (C=O) groups is 2. The average Bonchev–Trinajstić information content (AvgIpc) is 3.23. The lowest BCUT2D eigenvalue weighted by molar-refractivity contribution is -0.147. The van der Waals surface area contributed by atoms with Crippen molar-refractivity contribution in [1.82, 2.24) is 9.78 Å². The summed E-state index contributed by atoms with van der Waals surface area (Å²) in [7, 11) is 1.88. The number of halogens is 1. The third-order valence-electron chi connectivity index (χ3n) is 5.59. The molecule has 0 amide bonds. The number of anilines is 1. The van der Waals surface area contributed by atoms with Crippen LogP contribution in [-0.2, 0) is 26.3 Å². The van der Waals surface area contributed by atoms with Crippen molar-refractivity contribution in [1.29, 1.82) is 0 Å². The Morgan fingerprint density at radius 1 is 1.15 bits per heavy atom. The molecule has 3 aromatic rings. The van der Waals surface area contributed by atoms with Gasteiger partial charge in [-0.2, -0.15) is 4.68 Å². The Kier molecular flexibility index (Phi) is 5.71. The van der Waals surface area contributed by atoms with E-state index in [2.05, 4.69) is 5.10 Å². The number of ether oxygens (including phenoxy) is 1. The van der Waals surface area contributed by atoms with Gasteiger partial charge in [0.25, 0.3) is 0 Å². The first kappa shape index (κ1) is 22.2. The second kappa shape index (κ2) is 8.50. The Balaban J connectivity index is 1.39. The second-order valence-corrected chi connectivity index (χ2v) is 8.20. The highest BCUT2D eigenvalue weighted by Gasteiger charge is 2.38. The quantitative estimate of drug-likeness (QED) is 0.420. The van der Waals surface area contributed by atoms with Gasteiger partial charge in [-0.3, -0.25) is 9.59 Å². The van der Waals surface area contributed by atoms with Crippen molar-refractivity contribution in [2.24, 2.45) is 0 Å². The maximum atomic E-state index is 13.1. The third kappa shape index (κ3) is 4.34. The van der Waals surface area contributed by atoms with Gasteiger partial charge in [-0.05, 0) is 35.9 Å². The van der Waals surface area contributed by atoms with Crippen molar-refractivity contribution < 1.29 is 23.1 Å². The van der Waals surface area contributed by atoms with Crippen molar-refractivity contribution in [2.75, 3.05) is 18.6 Å². The molecule has 33 heavy (non-hydrogen) atoms. The fraction of sp³-hybridized carbons (Fsp3) is 0.250. The van der Waals surface area contributed by atoms with E-state index in [-0.39, 0.29) is 17.1 Å². The zero-order valence-corrected chi connectivity index (χ0v) is 18.4. The van der Waals surface area contributed by atoms with E-state index >= 15 is 0 Å². The number of aromatic nitrogens is 2. The molecule has 170 valence electrons. The highest BCUT2D eigenvalue weighted by molar-refractivity contribution is 5.94. The van der Waals surface area contributed by atoms with Crippen LogP contribution in [0.25, 0.3) is 11.5 Å². The van der Waals surface area contributed by atoms with Crippen LogP contribution in [0.2, 0.25) is 0 Å². The summed E-state index contributed by atoms with van der Waals surface area (Å²) in [5.41, 5.74) is 2.91. The van der Waals surface area contributed by atoms with Gasteiger partial charge in [0.2, 0.25) is 5.89 Å². The number of benzene rings is 2. The monoisotopic (exact) mass is 451 g/mol. The average molecular weight is 451 g/mol. The predicted molar refractivity (Wildman–Crippen MR) is 118 cm³/mol. The summed E-state index contributed by atoms with van der Waals surface area (Å²) in [4.78, 5) is 38.6. The predicted octanol–water partition coefficient (Wildman–Crippen LogP) is 3.07. The number of ketones is 1. The minimum Gasteiger partial charge on any atom is -0.456 e. The summed E-state index contributed by atoms with van der Waals surface area (Å²) in [6, 6.07) is 13.1. The van der Waals surface area contributed by atoms with Crippen LogP contribution in [0.4, 0.5) is 10.1 Å². The maximum Gasteiger partial charge on any atom is 0.437 e. The summed E-state index contributed by atoms with van der Waals surface area (Å²) in [5.74, 6) is -2.57. The normalized spacial score (nSPS) is 15.5. The van der Waals surface area contributed by atoms with Crippen LogP contribution in [-0.4, -0.2) is 35.2 Å². The molecule has 9 heteroatoms. The molecule has 0 spiro atoms. The van der Waals surface area contributed by atoms with E-state index in [1.807, 2.05) is 50.1 Å². The van der Waals surface area contributed by atoms with Crippen molar-refractivity contribution >= 4 is 17.4 Å². The summed E-state index contributed by atoms with van der Waals surface area (Å²) < 4.78 is 23.9. The van der Waals surface area contributed by atoms with Crippen LogP contribution in [0.1, 0.15) is 19.4 Å². The fourth-order valence-electron chi connectivity index (χ4n) is 3.89. The van der Waals surface area contributed by atoms with Crippen LogP contribution in [0.15, 0.2) is 69.5 Å². The van der Waals surface area contributed by atoms with Crippen LogP contribution in [0.5, 0.6) is 0 Å². The molecule has 1 aliphatic rings. The van der Waals surface area contributed by atoms with E-state index in [9.17, 15) is 18.8 Å². The van der Waals surface area contributed by atoms with Crippen LogP contribution in [0, 0.1) is 5.82 Å². The van der Waals surface area contributed by atoms with E-state index in [0.717, 1.165) is 21.6 Å². The number of fused-ring (bicyclic) bond motifs is 1. The molecule has 0 radical (unpaired) electrons. The van der Waals surface area contributed by atoms with E-state index in [4.69, 9.17) is 9.15 Å². The minimum atomic E-state index is -0.869. The molecule has 0 fully saturated rings. The van der Waals surface area contributed by atoms with Gasteiger partial charge < -0.3 is 14.1 Å². The van der Waals surface area contributed by atoms with Gasteiger partial charge in [0.15, 0.2) is 12.4 Å². The summed E-state index contributed by atoms with van der Waals surface area (Å²) in [6.07, 6.45) is 1.47. The smallest absolute Gasteiger partial charge is 0.437 e. The number of nitrogens with zero attached hydrogens (tertiary/aromatic N) is 3. The highest BCUT2D eigenvalue weighted by atomic mass is 19.1. The van der Waals surface area contributed by atoms with E-state index in [1.54, 1.807) is 0 Å². The number of likely N-dealkylation sites (N-methyl/N-ethyl adjacent to an activating group) is 1. The standard InChI is InChI=1S/C24H22FN3O5/c1-24(2)18-6-4-5-7-19(18)27(3)20(24)12-17(29)14-32-21(30)13-28-23(31)33-22(26-28)15-8-10-16(25)11-9-15/h4-12H,13-14H2,1-3H3/b20-12-. The highest BCUT2D eigenvalue weighted by Crippen LogP contribution is 2.46. The van der Waals surface area contributed by atoms with Gasteiger partial charge in [0, 0.05) is 35.5 Å². The Hall–Kier alpha value is -4.01. The number of hydrogen-bond donors (Lipinski definition) is 0. The molecule has 1 aliphatic heterocycles. The van der Waals surface area contributed by atoms with Gasteiger partial charge in [-0.25, -0.2) is 9.18 Å². The molecular weight excluding hydrogens is 429 g/mol.